The highest BCUT2D eigenvalue weighted by atomic mass is 19.1. The third-order valence-electron chi connectivity index (χ3n) is 2.96. The number of nitrogens with zero attached hydrogens (tertiary/aromatic N) is 2. The van der Waals surface area contributed by atoms with Gasteiger partial charge in [-0.3, -0.25) is 4.79 Å². The number of carbonyl (C=O) groups is 1. The van der Waals surface area contributed by atoms with Gasteiger partial charge in [-0.2, -0.15) is 0 Å². The highest BCUT2D eigenvalue weighted by Crippen LogP contribution is 2.18. The quantitative estimate of drug-likeness (QED) is 0.935. The van der Waals surface area contributed by atoms with Crippen molar-refractivity contribution in [3.63, 3.8) is 0 Å². The summed E-state index contributed by atoms with van der Waals surface area (Å²) in [5.74, 6) is 0.0440. The summed E-state index contributed by atoms with van der Waals surface area (Å²) in [6.45, 7) is 1.82. The third kappa shape index (κ3) is 2.93. The van der Waals surface area contributed by atoms with Crippen molar-refractivity contribution in [1.29, 1.82) is 0 Å². The molecule has 0 bridgehead atoms. The zero-order valence-electron chi connectivity index (χ0n) is 11.6. The van der Waals surface area contributed by atoms with Crippen molar-refractivity contribution >= 4 is 17.4 Å². The van der Waals surface area contributed by atoms with Crippen LogP contribution in [0.5, 0.6) is 0 Å². The van der Waals surface area contributed by atoms with Gasteiger partial charge in [0.15, 0.2) is 0 Å². The van der Waals surface area contributed by atoms with Gasteiger partial charge in [0.25, 0.3) is 5.91 Å². The molecule has 1 aromatic heterocycles. The maximum atomic E-state index is 13.2. The summed E-state index contributed by atoms with van der Waals surface area (Å²) in [6, 6.07) is 9.31. The Morgan fingerprint density at radius 3 is 2.70 bits per heavy atom. The van der Waals surface area contributed by atoms with Gasteiger partial charge < -0.3 is 10.2 Å². The number of anilines is 2. The second-order valence-electron chi connectivity index (χ2n) is 4.48. The molecular formula is C15H16FN3O. The molecule has 20 heavy (non-hydrogen) atoms. The van der Waals surface area contributed by atoms with E-state index in [0.717, 1.165) is 5.69 Å². The fourth-order valence-electron chi connectivity index (χ4n) is 1.92. The van der Waals surface area contributed by atoms with E-state index in [9.17, 15) is 9.18 Å². The van der Waals surface area contributed by atoms with Gasteiger partial charge in [-0.15, -0.1) is 0 Å². The van der Waals surface area contributed by atoms with Crippen molar-refractivity contribution in [3.8, 4) is 0 Å². The topological polar surface area (TPSA) is 45.2 Å². The molecule has 0 aliphatic carbocycles. The van der Waals surface area contributed by atoms with Crippen LogP contribution in [0.4, 0.5) is 15.9 Å². The molecule has 0 saturated heterocycles. The normalized spacial score (nSPS) is 10.2. The van der Waals surface area contributed by atoms with E-state index in [1.54, 1.807) is 38.4 Å². The zero-order valence-corrected chi connectivity index (χ0v) is 11.6. The van der Waals surface area contributed by atoms with Crippen molar-refractivity contribution < 1.29 is 9.18 Å². The van der Waals surface area contributed by atoms with E-state index in [1.807, 2.05) is 6.92 Å². The highest BCUT2D eigenvalue weighted by Gasteiger charge is 2.15. The first-order valence-electron chi connectivity index (χ1n) is 6.21. The Kier molecular flexibility index (Phi) is 3.98. The molecule has 1 aromatic carbocycles. The summed E-state index contributed by atoms with van der Waals surface area (Å²) in [5, 5.41) is 2.91. The van der Waals surface area contributed by atoms with Gasteiger partial charge in [-0.05, 0) is 37.3 Å². The minimum Gasteiger partial charge on any atom is -0.373 e. The predicted octanol–water partition coefficient (Wildman–Crippen LogP) is 2.85. The number of nitrogens with one attached hydrogen (secondary N) is 1. The Morgan fingerprint density at radius 1 is 1.30 bits per heavy atom. The van der Waals surface area contributed by atoms with Gasteiger partial charge in [0.2, 0.25) is 0 Å². The van der Waals surface area contributed by atoms with Crippen LogP contribution in [0.15, 0.2) is 36.4 Å². The number of hydrogen-bond donors (Lipinski definition) is 1. The van der Waals surface area contributed by atoms with Crippen LogP contribution in [0.2, 0.25) is 0 Å². The minimum absolute atomic E-state index is 0.211. The SMILES string of the molecule is CNc1cc(C(=O)N(C)c2cccc(F)c2)cc(C)n1. The Bertz CT molecular complexity index is 643. The molecule has 0 saturated carbocycles. The van der Waals surface area contributed by atoms with Gasteiger partial charge in [-0.1, -0.05) is 6.07 Å². The lowest BCUT2D eigenvalue weighted by molar-refractivity contribution is 0.0993. The molecule has 0 aliphatic rings. The molecular weight excluding hydrogens is 257 g/mol. The number of benzene rings is 1. The van der Waals surface area contributed by atoms with Gasteiger partial charge in [0.05, 0.1) is 0 Å². The average molecular weight is 273 g/mol. The average Bonchev–Trinajstić information content (AvgIpc) is 2.45. The molecule has 5 heteroatoms. The lowest BCUT2D eigenvalue weighted by Crippen LogP contribution is -2.26. The van der Waals surface area contributed by atoms with Gasteiger partial charge in [-0.25, -0.2) is 9.37 Å². The second kappa shape index (κ2) is 5.69. The van der Waals surface area contributed by atoms with Crippen LogP contribution in [-0.4, -0.2) is 25.0 Å². The second-order valence-corrected chi connectivity index (χ2v) is 4.48. The van der Waals surface area contributed by atoms with Crippen LogP contribution in [0.1, 0.15) is 16.1 Å². The van der Waals surface area contributed by atoms with Crippen LogP contribution in [0.25, 0.3) is 0 Å². The molecule has 0 spiro atoms. The maximum Gasteiger partial charge on any atom is 0.258 e. The minimum atomic E-state index is -0.371. The predicted molar refractivity (Wildman–Crippen MR) is 77.7 cm³/mol. The number of aryl methyl sites for hydroxylation is 1. The summed E-state index contributed by atoms with van der Waals surface area (Å²) < 4.78 is 13.2. The Labute approximate surface area is 117 Å². The van der Waals surface area contributed by atoms with Crippen LogP contribution >= 0.6 is 0 Å². The molecule has 1 amide bonds. The number of amides is 1. The van der Waals surface area contributed by atoms with Crippen molar-refractivity contribution in [1.82, 2.24) is 4.98 Å². The highest BCUT2D eigenvalue weighted by molar-refractivity contribution is 6.06. The first kappa shape index (κ1) is 14.0. The number of halogens is 1. The Balaban J connectivity index is 2.33. The molecule has 104 valence electrons. The lowest BCUT2D eigenvalue weighted by atomic mass is 10.2. The van der Waals surface area contributed by atoms with E-state index in [2.05, 4.69) is 10.3 Å². The van der Waals surface area contributed by atoms with Crippen molar-refractivity contribution in [2.45, 2.75) is 6.92 Å². The summed E-state index contributed by atoms with van der Waals surface area (Å²) >= 11 is 0. The molecule has 0 radical (unpaired) electrons. The number of aromatic nitrogens is 1. The monoisotopic (exact) mass is 273 g/mol. The van der Waals surface area contributed by atoms with Crippen LogP contribution in [-0.2, 0) is 0 Å². The van der Waals surface area contributed by atoms with E-state index in [-0.39, 0.29) is 11.7 Å². The molecule has 2 rings (SSSR count). The zero-order chi connectivity index (χ0) is 14.7. The van der Waals surface area contributed by atoms with Gasteiger partial charge >= 0.3 is 0 Å². The molecule has 0 aliphatic heterocycles. The largest absolute Gasteiger partial charge is 0.373 e. The van der Waals surface area contributed by atoms with Gasteiger partial charge in [0.1, 0.15) is 11.6 Å². The lowest BCUT2D eigenvalue weighted by Gasteiger charge is -2.18. The van der Waals surface area contributed by atoms with Crippen LogP contribution in [0.3, 0.4) is 0 Å². The Morgan fingerprint density at radius 2 is 2.05 bits per heavy atom. The van der Waals surface area contributed by atoms with Gasteiger partial charge in [0, 0.05) is 31.0 Å². The molecule has 1 N–H and O–H groups in total. The van der Waals surface area contributed by atoms with Crippen LogP contribution < -0.4 is 10.2 Å². The molecule has 2 aromatic rings. The Hall–Kier alpha value is -2.43. The smallest absolute Gasteiger partial charge is 0.258 e. The van der Waals surface area contributed by atoms with E-state index < -0.39 is 0 Å². The first-order valence-corrected chi connectivity index (χ1v) is 6.21. The van der Waals surface area contributed by atoms with Crippen molar-refractivity contribution in [3.05, 3.63) is 53.5 Å². The molecule has 0 fully saturated rings. The number of hydrogen-bond acceptors (Lipinski definition) is 3. The molecule has 0 atom stereocenters. The fourth-order valence-corrected chi connectivity index (χ4v) is 1.92. The van der Waals surface area contributed by atoms with E-state index in [4.69, 9.17) is 0 Å². The number of pyridine rings is 1. The number of rotatable bonds is 3. The summed E-state index contributed by atoms with van der Waals surface area (Å²) in [5.41, 5.74) is 1.76. The van der Waals surface area contributed by atoms with E-state index in [1.165, 1.54) is 17.0 Å². The molecule has 0 unspecified atom stereocenters. The van der Waals surface area contributed by atoms with Crippen molar-refractivity contribution in [2.24, 2.45) is 0 Å². The summed E-state index contributed by atoms with van der Waals surface area (Å²) in [7, 11) is 3.36. The first-order chi connectivity index (χ1) is 9.51. The van der Waals surface area contributed by atoms with Crippen molar-refractivity contribution in [2.75, 3.05) is 24.3 Å². The molecule has 1 heterocycles. The summed E-state index contributed by atoms with van der Waals surface area (Å²) in [4.78, 5) is 18.1. The third-order valence-corrected chi connectivity index (χ3v) is 2.96. The standard InChI is InChI=1S/C15H16FN3O/c1-10-7-11(8-14(17-2)18-10)15(20)19(3)13-6-4-5-12(16)9-13/h4-9H,1-3H3,(H,17,18). The van der Waals surface area contributed by atoms with E-state index in [0.29, 0.717) is 17.1 Å². The van der Waals surface area contributed by atoms with E-state index >= 15 is 0 Å². The van der Waals surface area contributed by atoms with Crippen LogP contribution in [0, 0.1) is 12.7 Å². The maximum absolute atomic E-state index is 13.2. The molecule has 4 nitrogen and oxygen atoms in total. The number of carbonyl (C=O) groups excluding carboxylic acids is 1. The fraction of sp³-hybridized carbons (Fsp3) is 0.200. The summed E-state index contributed by atoms with van der Waals surface area (Å²) in [6.07, 6.45) is 0.